The number of hydrogen-bond donors (Lipinski definition) is 1. The Hall–Kier alpha value is -3.19. The molecular formula is C25H28N4O3. The summed E-state index contributed by atoms with van der Waals surface area (Å²) >= 11 is 0. The fourth-order valence-corrected chi connectivity index (χ4v) is 4.38. The van der Waals surface area contributed by atoms with Crippen LogP contribution in [0.2, 0.25) is 0 Å². The molecule has 1 saturated carbocycles. The maximum atomic E-state index is 12.9. The molecule has 0 radical (unpaired) electrons. The zero-order valence-corrected chi connectivity index (χ0v) is 18.3. The van der Waals surface area contributed by atoms with Gasteiger partial charge in [0.15, 0.2) is 0 Å². The quantitative estimate of drug-likeness (QED) is 0.672. The van der Waals surface area contributed by atoms with Gasteiger partial charge in [0, 0.05) is 43.7 Å². The molecule has 1 N–H and O–H groups in total. The number of rotatable bonds is 5. The lowest BCUT2D eigenvalue weighted by Crippen LogP contribution is -2.53. The standard InChI is InChI=1S/C25H28N4O3/c1-2-11-29-22-8-7-20(16-21(22)17-26-29)18-3-5-19(6-4-18)23(30)27-12-14-28(15-13-27)24(31)25(32)9-10-25/h3-8,16-17,32H,2,9-15H2,1H3. The monoisotopic (exact) mass is 432 g/mol. The van der Waals surface area contributed by atoms with Crippen LogP contribution in [0.1, 0.15) is 36.5 Å². The van der Waals surface area contributed by atoms with E-state index in [1.807, 2.05) is 35.1 Å². The molecule has 1 aliphatic heterocycles. The highest BCUT2D eigenvalue weighted by atomic mass is 16.3. The second-order valence-corrected chi connectivity index (χ2v) is 8.83. The van der Waals surface area contributed by atoms with Crippen LogP contribution < -0.4 is 0 Å². The molecule has 166 valence electrons. The van der Waals surface area contributed by atoms with Crippen LogP contribution >= 0.6 is 0 Å². The number of aryl methyl sites for hydroxylation is 1. The molecule has 2 aromatic carbocycles. The lowest BCUT2D eigenvalue weighted by molar-refractivity contribution is -0.143. The Bertz CT molecular complexity index is 1160. The summed E-state index contributed by atoms with van der Waals surface area (Å²) in [5.41, 5.74) is 2.79. The number of fused-ring (bicyclic) bond motifs is 1. The van der Waals surface area contributed by atoms with Crippen molar-refractivity contribution in [3.63, 3.8) is 0 Å². The molecule has 1 aliphatic carbocycles. The number of aromatic nitrogens is 2. The molecule has 2 amide bonds. The third-order valence-corrected chi connectivity index (χ3v) is 6.52. The Morgan fingerprint density at radius 3 is 2.28 bits per heavy atom. The van der Waals surface area contributed by atoms with Gasteiger partial charge in [0.2, 0.25) is 0 Å². The molecule has 7 heteroatoms. The van der Waals surface area contributed by atoms with E-state index >= 15 is 0 Å². The third-order valence-electron chi connectivity index (χ3n) is 6.52. The first-order valence-electron chi connectivity index (χ1n) is 11.4. The molecule has 3 aromatic rings. The van der Waals surface area contributed by atoms with Crippen molar-refractivity contribution in [2.24, 2.45) is 0 Å². The molecule has 1 aromatic heterocycles. The summed E-state index contributed by atoms with van der Waals surface area (Å²) in [5, 5.41) is 15.6. The van der Waals surface area contributed by atoms with Gasteiger partial charge in [-0.05, 0) is 54.7 Å². The topological polar surface area (TPSA) is 78.7 Å². The first-order chi connectivity index (χ1) is 15.5. The lowest BCUT2D eigenvalue weighted by atomic mass is 10.0. The number of piperazine rings is 1. The molecule has 2 aliphatic rings. The van der Waals surface area contributed by atoms with Gasteiger partial charge >= 0.3 is 0 Å². The second-order valence-electron chi connectivity index (χ2n) is 8.83. The van der Waals surface area contributed by atoms with Gasteiger partial charge in [-0.3, -0.25) is 14.3 Å². The van der Waals surface area contributed by atoms with E-state index in [0.717, 1.165) is 35.0 Å². The van der Waals surface area contributed by atoms with Crippen molar-refractivity contribution < 1.29 is 14.7 Å². The summed E-state index contributed by atoms with van der Waals surface area (Å²) in [7, 11) is 0. The predicted octanol–water partition coefficient (Wildman–Crippen LogP) is 2.92. The number of carbonyl (C=O) groups is 2. The van der Waals surface area contributed by atoms with Gasteiger partial charge in [0.1, 0.15) is 5.60 Å². The van der Waals surface area contributed by atoms with E-state index in [1.165, 1.54) is 0 Å². The average molecular weight is 433 g/mol. The largest absolute Gasteiger partial charge is 0.380 e. The van der Waals surface area contributed by atoms with Crippen molar-refractivity contribution in [3.05, 3.63) is 54.2 Å². The molecule has 0 bridgehead atoms. The normalized spacial score (nSPS) is 17.6. The summed E-state index contributed by atoms with van der Waals surface area (Å²) in [6.07, 6.45) is 4.04. The molecule has 32 heavy (non-hydrogen) atoms. The van der Waals surface area contributed by atoms with Crippen LogP contribution in [0.15, 0.2) is 48.7 Å². The van der Waals surface area contributed by atoms with Crippen LogP contribution in [0, 0.1) is 0 Å². The third kappa shape index (κ3) is 3.77. The molecule has 1 saturated heterocycles. The van der Waals surface area contributed by atoms with Crippen LogP contribution in [0.5, 0.6) is 0 Å². The Morgan fingerprint density at radius 1 is 0.969 bits per heavy atom. The molecule has 2 heterocycles. The second kappa shape index (κ2) is 8.06. The Kier molecular flexibility index (Phi) is 5.21. The van der Waals surface area contributed by atoms with E-state index in [0.29, 0.717) is 44.6 Å². The number of nitrogens with zero attached hydrogens (tertiary/aromatic N) is 4. The predicted molar refractivity (Wildman–Crippen MR) is 122 cm³/mol. The zero-order valence-electron chi connectivity index (χ0n) is 18.3. The van der Waals surface area contributed by atoms with Crippen LogP contribution in [-0.2, 0) is 11.3 Å². The van der Waals surface area contributed by atoms with Gasteiger partial charge in [-0.15, -0.1) is 0 Å². The highest BCUT2D eigenvalue weighted by Gasteiger charge is 2.50. The van der Waals surface area contributed by atoms with Gasteiger partial charge in [-0.2, -0.15) is 5.10 Å². The van der Waals surface area contributed by atoms with Crippen molar-refractivity contribution in [1.82, 2.24) is 19.6 Å². The number of aliphatic hydroxyl groups is 1. The van der Waals surface area contributed by atoms with Gasteiger partial charge in [0.05, 0.1) is 11.7 Å². The Morgan fingerprint density at radius 2 is 1.62 bits per heavy atom. The summed E-state index contributed by atoms with van der Waals surface area (Å²) in [5.74, 6) is -0.212. The van der Waals surface area contributed by atoms with E-state index in [9.17, 15) is 14.7 Å². The SMILES string of the molecule is CCCn1ncc2cc(-c3ccc(C(=O)N4CCN(C(=O)C5(O)CC5)CC4)cc3)ccc21. The van der Waals surface area contributed by atoms with E-state index in [-0.39, 0.29) is 11.8 Å². The van der Waals surface area contributed by atoms with Crippen LogP contribution in [-0.4, -0.2) is 68.3 Å². The van der Waals surface area contributed by atoms with Gasteiger partial charge < -0.3 is 14.9 Å². The molecule has 0 unspecified atom stereocenters. The van der Waals surface area contributed by atoms with Crippen molar-refractivity contribution in [3.8, 4) is 11.1 Å². The molecule has 0 spiro atoms. The zero-order chi connectivity index (χ0) is 22.3. The maximum Gasteiger partial charge on any atom is 0.254 e. The first kappa shape index (κ1) is 20.7. The minimum absolute atomic E-state index is 0.0231. The fraction of sp³-hybridized carbons (Fsp3) is 0.400. The van der Waals surface area contributed by atoms with Crippen molar-refractivity contribution in [2.75, 3.05) is 26.2 Å². The summed E-state index contributed by atoms with van der Waals surface area (Å²) in [4.78, 5) is 28.7. The first-order valence-corrected chi connectivity index (χ1v) is 11.4. The van der Waals surface area contributed by atoms with Gasteiger partial charge in [-0.1, -0.05) is 25.1 Å². The number of amides is 2. The average Bonchev–Trinajstić information content (AvgIpc) is 3.47. The smallest absolute Gasteiger partial charge is 0.254 e. The number of benzene rings is 2. The molecule has 2 fully saturated rings. The van der Waals surface area contributed by atoms with E-state index in [2.05, 4.69) is 30.2 Å². The molecule has 5 rings (SSSR count). The van der Waals surface area contributed by atoms with Gasteiger partial charge in [0.25, 0.3) is 11.8 Å². The minimum atomic E-state index is -1.14. The Labute approximate surface area is 187 Å². The van der Waals surface area contributed by atoms with Gasteiger partial charge in [-0.25, -0.2) is 0 Å². The van der Waals surface area contributed by atoms with E-state index < -0.39 is 5.60 Å². The molecular weight excluding hydrogens is 404 g/mol. The van der Waals surface area contributed by atoms with E-state index in [1.54, 1.807) is 9.80 Å². The van der Waals surface area contributed by atoms with Crippen molar-refractivity contribution >= 4 is 22.7 Å². The minimum Gasteiger partial charge on any atom is -0.380 e. The maximum absolute atomic E-state index is 12.9. The van der Waals surface area contributed by atoms with Crippen LogP contribution in [0.4, 0.5) is 0 Å². The molecule has 7 nitrogen and oxygen atoms in total. The summed E-state index contributed by atoms with van der Waals surface area (Å²) < 4.78 is 2.03. The van der Waals surface area contributed by atoms with Crippen molar-refractivity contribution in [2.45, 2.75) is 38.3 Å². The fourth-order valence-electron chi connectivity index (χ4n) is 4.38. The summed E-state index contributed by atoms with van der Waals surface area (Å²) in [6.45, 7) is 4.96. The van der Waals surface area contributed by atoms with Crippen LogP contribution in [0.3, 0.4) is 0 Å². The number of hydrogen-bond acceptors (Lipinski definition) is 4. The van der Waals surface area contributed by atoms with Crippen molar-refractivity contribution in [1.29, 1.82) is 0 Å². The highest BCUT2D eigenvalue weighted by Crippen LogP contribution is 2.37. The van der Waals surface area contributed by atoms with Crippen LogP contribution in [0.25, 0.3) is 22.0 Å². The molecule has 0 atom stereocenters. The highest BCUT2D eigenvalue weighted by molar-refractivity contribution is 5.95. The summed E-state index contributed by atoms with van der Waals surface area (Å²) in [6, 6.07) is 14.0. The lowest BCUT2D eigenvalue weighted by Gasteiger charge is -2.35. The number of carbonyl (C=O) groups excluding carboxylic acids is 2. The van der Waals surface area contributed by atoms with E-state index in [4.69, 9.17) is 0 Å². The Balaban J connectivity index is 1.25.